The fraction of sp³-hybridized carbons (Fsp3) is 0. The third-order valence-corrected chi connectivity index (χ3v) is 14.1. The molecule has 4 aromatic heterocycles. The molecule has 4 heterocycles. The van der Waals surface area contributed by atoms with Crippen molar-refractivity contribution in [2.45, 2.75) is 0 Å². The molecule has 0 unspecified atom stereocenters. The van der Waals surface area contributed by atoms with Crippen molar-refractivity contribution in [3.8, 4) is 45.5 Å². The Morgan fingerprint density at radius 2 is 0.855 bits per heavy atom. The van der Waals surface area contributed by atoms with Crippen LogP contribution in [0.15, 0.2) is 229 Å². The van der Waals surface area contributed by atoms with Crippen molar-refractivity contribution < 1.29 is 4.42 Å². The first-order valence-electron chi connectivity index (χ1n) is 23.3. The molecule has 11 aromatic carbocycles. The van der Waals surface area contributed by atoms with Crippen LogP contribution in [-0.4, -0.2) is 24.1 Å². The molecule has 0 amide bonds. The molecule has 0 fully saturated rings. The average Bonchev–Trinajstić information content (AvgIpc) is 4.07. The zero-order chi connectivity index (χ0) is 45.2. The lowest BCUT2D eigenvalue weighted by molar-refractivity contribution is 0.669. The molecule has 320 valence electrons. The van der Waals surface area contributed by atoms with Crippen LogP contribution in [0.2, 0.25) is 0 Å². The van der Waals surface area contributed by atoms with E-state index in [0.717, 1.165) is 88.1 Å². The van der Waals surface area contributed by atoms with E-state index < -0.39 is 0 Å². The predicted octanol–water partition coefficient (Wildman–Crippen LogP) is 16.4. The molecule has 0 bridgehead atoms. The maximum Gasteiger partial charge on any atom is 0.164 e. The highest BCUT2D eigenvalue weighted by molar-refractivity contribution is 6.20. The Morgan fingerprint density at radius 3 is 1.67 bits per heavy atom. The fourth-order valence-electron chi connectivity index (χ4n) is 10.9. The van der Waals surface area contributed by atoms with Gasteiger partial charge in [0.05, 0.1) is 22.1 Å². The summed E-state index contributed by atoms with van der Waals surface area (Å²) in [7, 11) is 0. The van der Waals surface area contributed by atoms with E-state index in [1.165, 1.54) is 37.8 Å². The summed E-state index contributed by atoms with van der Waals surface area (Å²) in [5, 5.41) is 13.7. The number of furan rings is 1. The van der Waals surface area contributed by atoms with Gasteiger partial charge in [0, 0.05) is 60.4 Å². The number of hydrogen-bond acceptors (Lipinski definition) is 4. The Morgan fingerprint density at radius 1 is 0.290 bits per heavy atom. The molecular formula is C63H37N5O. The van der Waals surface area contributed by atoms with Crippen molar-refractivity contribution in [1.82, 2.24) is 24.1 Å². The second-order valence-electron chi connectivity index (χ2n) is 18.0. The lowest BCUT2D eigenvalue weighted by Crippen LogP contribution is -2.01. The fourth-order valence-corrected chi connectivity index (χ4v) is 10.9. The van der Waals surface area contributed by atoms with Gasteiger partial charge in [-0.15, -0.1) is 0 Å². The molecule has 0 aliphatic rings. The minimum atomic E-state index is 0.594. The van der Waals surface area contributed by atoms with Gasteiger partial charge in [-0.2, -0.15) is 0 Å². The summed E-state index contributed by atoms with van der Waals surface area (Å²) in [6.07, 6.45) is 0. The van der Waals surface area contributed by atoms with Crippen molar-refractivity contribution in [1.29, 1.82) is 0 Å². The molecule has 0 atom stereocenters. The summed E-state index contributed by atoms with van der Waals surface area (Å²) in [5.41, 5.74) is 11.1. The van der Waals surface area contributed by atoms with Crippen LogP contribution in [0, 0.1) is 0 Å². The highest BCUT2D eigenvalue weighted by Gasteiger charge is 2.20. The van der Waals surface area contributed by atoms with E-state index in [4.69, 9.17) is 19.4 Å². The SMILES string of the molecule is c1ccc(-n2c3ccccc3c3ccc(-c4nc(-c5ccc6ccc7oc8ccc(-n9c%10ccccc%10c%10cc%11ccccc%11cc%109)cc8c7c6c5)nc(-c5cccc6ccccc56)n4)cc32)cc1. The summed E-state index contributed by atoms with van der Waals surface area (Å²) in [4.78, 5) is 16.0. The second kappa shape index (κ2) is 14.6. The monoisotopic (exact) mass is 879 g/mol. The Balaban J connectivity index is 0.948. The first-order chi connectivity index (χ1) is 34.2. The lowest BCUT2D eigenvalue weighted by Gasteiger charge is -2.12. The molecule has 0 aliphatic carbocycles. The first kappa shape index (κ1) is 37.8. The third-order valence-electron chi connectivity index (χ3n) is 14.1. The molecule has 6 nitrogen and oxygen atoms in total. The van der Waals surface area contributed by atoms with E-state index in [1.54, 1.807) is 0 Å². The van der Waals surface area contributed by atoms with Crippen molar-refractivity contribution >= 4 is 97.9 Å². The highest BCUT2D eigenvalue weighted by Crippen LogP contribution is 2.41. The van der Waals surface area contributed by atoms with Gasteiger partial charge in [0.1, 0.15) is 11.2 Å². The standard InChI is InChI=1S/C63H37N5O/c1-2-17-44(18-3-1)67-54-23-10-8-20-47(54)49-30-27-43(36-56(49)67)62-64-61(65-63(66-62)50-22-12-16-38-13-6-7-19-46(38)50)42-26-25-39-28-31-59-60(51(39)34-42)53-37-45(29-32-58(53)69-59)68-55-24-11-9-21-48(55)52-33-40-14-4-5-15-41(40)35-57(52)68/h1-37H. The van der Waals surface area contributed by atoms with Crippen LogP contribution in [0.25, 0.3) is 143 Å². The van der Waals surface area contributed by atoms with Gasteiger partial charge in [-0.05, 0) is 105 Å². The molecule has 15 aromatic rings. The summed E-state index contributed by atoms with van der Waals surface area (Å²) in [6, 6.07) is 79.8. The third kappa shape index (κ3) is 5.76. The van der Waals surface area contributed by atoms with E-state index >= 15 is 0 Å². The van der Waals surface area contributed by atoms with Crippen LogP contribution in [0.4, 0.5) is 0 Å². The molecule has 0 radical (unpaired) electrons. The van der Waals surface area contributed by atoms with Gasteiger partial charge in [0.25, 0.3) is 0 Å². The molecule has 6 heteroatoms. The van der Waals surface area contributed by atoms with Gasteiger partial charge in [0.2, 0.25) is 0 Å². The van der Waals surface area contributed by atoms with E-state index in [2.05, 4.69) is 234 Å². The molecule has 0 aliphatic heterocycles. The quantitative estimate of drug-likeness (QED) is 0.173. The minimum Gasteiger partial charge on any atom is -0.456 e. The molecule has 0 saturated carbocycles. The maximum absolute atomic E-state index is 6.65. The largest absolute Gasteiger partial charge is 0.456 e. The molecule has 0 N–H and O–H groups in total. The number of fused-ring (bicyclic) bond motifs is 13. The maximum atomic E-state index is 6.65. The summed E-state index contributed by atoms with van der Waals surface area (Å²) >= 11 is 0. The first-order valence-corrected chi connectivity index (χ1v) is 23.3. The second-order valence-corrected chi connectivity index (χ2v) is 18.0. The van der Waals surface area contributed by atoms with Crippen LogP contribution in [-0.2, 0) is 0 Å². The normalized spacial score (nSPS) is 12.1. The Labute approximate surface area is 394 Å². The van der Waals surface area contributed by atoms with Gasteiger partial charge in [-0.25, -0.2) is 15.0 Å². The zero-order valence-electron chi connectivity index (χ0n) is 37.0. The van der Waals surface area contributed by atoms with Crippen molar-refractivity contribution in [3.05, 3.63) is 224 Å². The molecule has 0 spiro atoms. The number of aromatic nitrogens is 5. The lowest BCUT2D eigenvalue weighted by atomic mass is 10.0. The van der Waals surface area contributed by atoms with E-state index in [1.807, 2.05) is 0 Å². The van der Waals surface area contributed by atoms with Crippen molar-refractivity contribution in [2.75, 3.05) is 0 Å². The van der Waals surface area contributed by atoms with E-state index in [9.17, 15) is 0 Å². The number of rotatable bonds is 5. The summed E-state index contributed by atoms with van der Waals surface area (Å²) in [5.74, 6) is 1.81. The Hall–Kier alpha value is -9.39. The molecule has 69 heavy (non-hydrogen) atoms. The smallest absolute Gasteiger partial charge is 0.164 e. The van der Waals surface area contributed by atoms with Crippen LogP contribution < -0.4 is 0 Å². The van der Waals surface area contributed by atoms with Gasteiger partial charge < -0.3 is 13.6 Å². The van der Waals surface area contributed by atoms with E-state index in [0.29, 0.717) is 17.5 Å². The summed E-state index contributed by atoms with van der Waals surface area (Å²) < 4.78 is 11.4. The number of hydrogen-bond donors (Lipinski definition) is 0. The van der Waals surface area contributed by atoms with Crippen molar-refractivity contribution in [2.24, 2.45) is 0 Å². The van der Waals surface area contributed by atoms with Crippen LogP contribution in [0.3, 0.4) is 0 Å². The number of nitrogens with zero attached hydrogens (tertiary/aromatic N) is 5. The number of para-hydroxylation sites is 3. The van der Waals surface area contributed by atoms with E-state index in [-0.39, 0.29) is 0 Å². The molecule has 15 rings (SSSR count). The van der Waals surface area contributed by atoms with Crippen molar-refractivity contribution in [3.63, 3.8) is 0 Å². The zero-order valence-corrected chi connectivity index (χ0v) is 37.0. The molecule has 0 saturated heterocycles. The topological polar surface area (TPSA) is 61.7 Å². The van der Waals surface area contributed by atoms with Gasteiger partial charge >= 0.3 is 0 Å². The predicted molar refractivity (Wildman–Crippen MR) is 285 cm³/mol. The highest BCUT2D eigenvalue weighted by atomic mass is 16.3. The van der Waals surface area contributed by atoms with Gasteiger partial charge in [-0.3, -0.25) is 0 Å². The summed E-state index contributed by atoms with van der Waals surface area (Å²) in [6.45, 7) is 0. The minimum absolute atomic E-state index is 0.594. The van der Waals surface area contributed by atoms with Crippen LogP contribution in [0.5, 0.6) is 0 Å². The van der Waals surface area contributed by atoms with Gasteiger partial charge in [-0.1, -0.05) is 152 Å². The van der Waals surface area contributed by atoms with Crippen LogP contribution in [0.1, 0.15) is 0 Å². The number of benzene rings is 11. The average molecular weight is 880 g/mol. The van der Waals surface area contributed by atoms with Gasteiger partial charge in [0.15, 0.2) is 17.5 Å². The Bertz CT molecular complexity index is 4610. The molecular weight excluding hydrogens is 843 g/mol. The Kier molecular flexibility index (Phi) is 7.97. The van der Waals surface area contributed by atoms with Crippen LogP contribution >= 0.6 is 0 Å².